The van der Waals surface area contributed by atoms with Crippen molar-refractivity contribution in [2.45, 2.75) is 59.4 Å². The van der Waals surface area contributed by atoms with E-state index >= 15 is 0 Å². The van der Waals surface area contributed by atoms with Crippen LogP contribution >= 0.6 is 0 Å². The SMILES string of the molecule is CCOC(=O)c1cnc2c(c1N[C@H]1C[C@@H]3CC[C@]1(C)C3(C)C)C=CC2. The van der Waals surface area contributed by atoms with E-state index in [1.54, 1.807) is 6.20 Å². The Labute approximate surface area is 150 Å². The first-order valence-corrected chi connectivity index (χ1v) is 9.50. The van der Waals surface area contributed by atoms with Crippen molar-refractivity contribution in [1.82, 2.24) is 4.98 Å². The van der Waals surface area contributed by atoms with Crippen LogP contribution in [0.25, 0.3) is 6.08 Å². The van der Waals surface area contributed by atoms with Crippen LogP contribution in [0.4, 0.5) is 5.69 Å². The summed E-state index contributed by atoms with van der Waals surface area (Å²) in [5, 5.41) is 3.78. The highest BCUT2D eigenvalue weighted by Crippen LogP contribution is 2.66. The van der Waals surface area contributed by atoms with E-state index in [1.165, 1.54) is 19.3 Å². The number of esters is 1. The van der Waals surface area contributed by atoms with Crippen LogP contribution in [0.3, 0.4) is 0 Å². The van der Waals surface area contributed by atoms with Gasteiger partial charge in [-0.05, 0) is 42.9 Å². The molecule has 1 heterocycles. The molecule has 0 radical (unpaired) electrons. The summed E-state index contributed by atoms with van der Waals surface area (Å²) in [4.78, 5) is 17.0. The van der Waals surface area contributed by atoms with Crippen molar-refractivity contribution in [3.8, 4) is 0 Å². The molecule has 0 aromatic carbocycles. The molecular formula is C21H28N2O2. The van der Waals surface area contributed by atoms with Crippen LogP contribution in [0.1, 0.15) is 68.6 Å². The fourth-order valence-corrected chi connectivity index (χ4v) is 5.31. The van der Waals surface area contributed by atoms with Gasteiger partial charge in [-0.3, -0.25) is 4.98 Å². The van der Waals surface area contributed by atoms with Crippen molar-refractivity contribution in [3.05, 3.63) is 29.1 Å². The van der Waals surface area contributed by atoms with Gasteiger partial charge in [-0.1, -0.05) is 32.9 Å². The van der Waals surface area contributed by atoms with Crippen molar-refractivity contribution in [1.29, 1.82) is 0 Å². The summed E-state index contributed by atoms with van der Waals surface area (Å²) in [6.07, 6.45) is 10.5. The van der Waals surface area contributed by atoms with Crippen LogP contribution in [0.5, 0.6) is 0 Å². The molecule has 3 atom stereocenters. The van der Waals surface area contributed by atoms with Crippen LogP contribution < -0.4 is 5.32 Å². The number of hydrogen-bond acceptors (Lipinski definition) is 4. The van der Waals surface area contributed by atoms with Gasteiger partial charge in [-0.25, -0.2) is 4.79 Å². The Kier molecular flexibility index (Phi) is 3.71. The van der Waals surface area contributed by atoms with Gasteiger partial charge in [0.15, 0.2) is 0 Å². The van der Waals surface area contributed by atoms with Gasteiger partial charge >= 0.3 is 5.97 Å². The van der Waals surface area contributed by atoms with E-state index in [-0.39, 0.29) is 11.4 Å². The Morgan fingerprint density at radius 3 is 2.84 bits per heavy atom. The standard InChI is InChI=1S/C21H28N2O2/c1-5-25-19(24)15-12-22-16-8-6-7-14(16)18(15)23-17-11-13-9-10-21(17,4)20(13,2)3/h6-7,12-13,17H,5,8-11H2,1-4H3,(H,22,23)/t13-,17-,21-/m0/s1. The lowest BCUT2D eigenvalue weighted by atomic mass is 9.69. The van der Waals surface area contributed by atoms with Gasteiger partial charge < -0.3 is 10.1 Å². The van der Waals surface area contributed by atoms with E-state index in [2.05, 4.69) is 43.2 Å². The molecule has 4 rings (SSSR count). The molecule has 0 spiro atoms. The number of rotatable bonds is 4. The minimum atomic E-state index is -0.284. The number of nitrogens with one attached hydrogen (secondary N) is 1. The summed E-state index contributed by atoms with van der Waals surface area (Å²) >= 11 is 0. The number of nitrogens with zero attached hydrogens (tertiary/aromatic N) is 1. The van der Waals surface area contributed by atoms with E-state index < -0.39 is 0 Å². The van der Waals surface area contributed by atoms with Crippen LogP contribution in [-0.4, -0.2) is 23.6 Å². The zero-order valence-electron chi connectivity index (χ0n) is 15.7. The molecular weight excluding hydrogens is 312 g/mol. The summed E-state index contributed by atoms with van der Waals surface area (Å²) in [5.74, 6) is 0.472. The number of pyridine rings is 1. The number of fused-ring (bicyclic) bond motifs is 3. The fourth-order valence-electron chi connectivity index (χ4n) is 5.31. The molecule has 3 aliphatic rings. The fraction of sp³-hybridized carbons (Fsp3) is 0.619. The molecule has 0 aliphatic heterocycles. The lowest BCUT2D eigenvalue weighted by Gasteiger charge is -2.40. The summed E-state index contributed by atoms with van der Waals surface area (Å²) in [7, 11) is 0. The average molecular weight is 340 g/mol. The molecule has 4 heteroatoms. The highest BCUT2D eigenvalue weighted by atomic mass is 16.5. The topological polar surface area (TPSA) is 51.2 Å². The first-order valence-electron chi connectivity index (χ1n) is 9.50. The van der Waals surface area contributed by atoms with Gasteiger partial charge in [-0.15, -0.1) is 0 Å². The Morgan fingerprint density at radius 2 is 2.20 bits per heavy atom. The van der Waals surface area contributed by atoms with E-state index in [9.17, 15) is 4.79 Å². The molecule has 2 fully saturated rings. The van der Waals surface area contributed by atoms with Crippen LogP contribution in [0.2, 0.25) is 0 Å². The van der Waals surface area contributed by atoms with Gasteiger partial charge in [0.05, 0.1) is 18.0 Å². The first-order chi connectivity index (χ1) is 11.9. The van der Waals surface area contributed by atoms with Crippen molar-refractivity contribution < 1.29 is 9.53 Å². The molecule has 0 saturated heterocycles. The molecule has 2 saturated carbocycles. The van der Waals surface area contributed by atoms with Gasteiger partial charge in [0.2, 0.25) is 0 Å². The summed E-state index contributed by atoms with van der Waals surface area (Å²) in [6.45, 7) is 9.45. The molecule has 134 valence electrons. The third-order valence-corrected chi connectivity index (χ3v) is 7.40. The predicted octanol–water partition coefficient (Wildman–Crippen LogP) is 4.45. The normalized spacial score (nSPS) is 31.2. The maximum atomic E-state index is 12.5. The number of carbonyl (C=O) groups excluding carboxylic acids is 1. The number of carbonyl (C=O) groups is 1. The smallest absolute Gasteiger partial charge is 0.341 e. The van der Waals surface area contributed by atoms with Gasteiger partial charge in [0, 0.05) is 24.2 Å². The second-order valence-electron chi connectivity index (χ2n) is 8.54. The summed E-state index contributed by atoms with van der Waals surface area (Å²) < 4.78 is 5.28. The zero-order chi connectivity index (χ0) is 17.8. The Balaban J connectivity index is 1.72. The molecule has 1 aromatic rings. The van der Waals surface area contributed by atoms with E-state index in [1.807, 2.05) is 6.92 Å². The third kappa shape index (κ3) is 2.26. The largest absolute Gasteiger partial charge is 0.462 e. The number of ether oxygens (including phenoxy) is 1. The Bertz CT molecular complexity index is 753. The molecule has 2 bridgehead atoms. The zero-order valence-corrected chi connectivity index (χ0v) is 15.7. The monoisotopic (exact) mass is 340 g/mol. The van der Waals surface area contributed by atoms with Crippen molar-refractivity contribution >= 4 is 17.7 Å². The van der Waals surface area contributed by atoms with E-state index in [0.29, 0.717) is 23.6 Å². The highest BCUT2D eigenvalue weighted by molar-refractivity contribution is 5.98. The lowest BCUT2D eigenvalue weighted by molar-refractivity contribution is 0.0526. The van der Waals surface area contributed by atoms with Crippen LogP contribution in [-0.2, 0) is 11.2 Å². The quantitative estimate of drug-likeness (QED) is 0.823. The second-order valence-corrected chi connectivity index (χ2v) is 8.54. The highest BCUT2D eigenvalue weighted by Gasteiger charge is 2.61. The maximum absolute atomic E-state index is 12.5. The molecule has 25 heavy (non-hydrogen) atoms. The van der Waals surface area contributed by atoms with Gasteiger partial charge in [0.25, 0.3) is 0 Å². The number of anilines is 1. The Hall–Kier alpha value is -1.84. The van der Waals surface area contributed by atoms with Crippen LogP contribution in [0, 0.1) is 16.7 Å². The lowest BCUT2D eigenvalue weighted by Crippen LogP contribution is -2.40. The molecule has 4 nitrogen and oxygen atoms in total. The first kappa shape index (κ1) is 16.6. The van der Waals surface area contributed by atoms with Crippen LogP contribution in [0.15, 0.2) is 12.3 Å². The van der Waals surface area contributed by atoms with E-state index in [4.69, 9.17) is 4.74 Å². The van der Waals surface area contributed by atoms with Crippen molar-refractivity contribution in [2.75, 3.05) is 11.9 Å². The minimum Gasteiger partial charge on any atom is -0.462 e. The predicted molar refractivity (Wildman–Crippen MR) is 99.6 cm³/mol. The molecule has 1 aromatic heterocycles. The number of hydrogen-bond donors (Lipinski definition) is 1. The average Bonchev–Trinajstić information content (AvgIpc) is 3.18. The molecule has 3 aliphatic carbocycles. The summed E-state index contributed by atoms with van der Waals surface area (Å²) in [6, 6.07) is 0.384. The number of aromatic nitrogens is 1. The maximum Gasteiger partial charge on any atom is 0.341 e. The number of allylic oxidation sites excluding steroid dienone is 1. The van der Waals surface area contributed by atoms with Crippen molar-refractivity contribution in [2.24, 2.45) is 16.7 Å². The molecule has 1 N–H and O–H groups in total. The third-order valence-electron chi connectivity index (χ3n) is 7.40. The van der Waals surface area contributed by atoms with Gasteiger partial charge in [-0.2, -0.15) is 0 Å². The molecule has 0 amide bonds. The molecule has 0 unspecified atom stereocenters. The Morgan fingerprint density at radius 1 is 1.40 bits per heavy atom. The van der Waals surface area contributed by atoms with E-state index in [0.717, 1.165) is 29.3 Å². The van der Waals surface area contributed by atoms with Crippen molar-refractivity contribution in [3.63, 3.8) is 0 Å². The minimum absolute atomic E-state index is 0.252. The summed E-state index contributed by atoms with van der Waals surface area (Å²) in [5.41, 5.74) is 4.18. The van der Waals surface area contributed by atoms with Gasteiger partial charge in [0.1, 0.15) is 5.56 Å². The second kappa shape index (κ2) is 5.58.